The van der Waals surface area contributed by atoms with Crippen molar-refractivity contribution in [1.82, 2.24) is 0 Å². The first-order valence-corrected chi connectivity index (χ1v) is 7.80. The molecule has 0 saturated heterocycles. The quantitative estimate of drug-likeness (QED) is 0.623. The molecule has 16 heavy (non-hydrogen) atoms. The van der Waals surface area contributed by atoms with Crippen molar-refractivity contribution < 1.29 is 4.79 Å². The van der Waals surface area contributed by atoms with E-state index in [2.05, 4.69) is 15.9 Å². The van der Waals surface area contributed by atoms with E-state index in [0.29, 0.717) is 11.7 Å². The predicted octanol–water partition coefficient (Wildman–Crippen LogP) is 3.41. The highest BCUT2D eigenvalue weighted by atomic mass is 79.9. The average molecular weight is 283 g/mol. The Labute approximate surface area is 105 Å². The summed E-state index contributed by atoms with van der Waals surface area (Å²) >= 11 is 3.93. The van der Waals surface area contributed by atoms with Crippen LogP contribution in [0.15, 0.2) is 0 Å². The lowest BCUT2D eigenvalue weighted by molar-refractivity contribution is -0.141. The predicted molar refractivity (Wildman–Crippen MR) is 66.4 cm³/mol. The Morgan fingerprint density at radius 3 is 2.50 bits per heavy atom. The molecular formula is C14H19BrO. The fourth-order valence-corrected chi connectivity index (χ4v) is 6.57. The van der Waals surface area contributed by atoms with Gasteiger partial charge in [0.25, 0.3) is 0 Å². The Hall–Kier alpha value is 0.150. The van der Waals surface area contributed by atoms with E-state index in [1.54, 1.807) is 0 Å². The molecule has 88 valence electrons. The first-order valence-electron chi connectivity index (χ1n) is 6.89. The third-order valence-corrected chi connectivity index (χ3v) is 7.00. The van der Waals surface area contributed by atoms with Gasteiger partial charge in [0.05, 0.1) is 0 Å². The lowest BCUT2D eigenvalue weighted by Crippen LogP contribution is -2.53. The van der Waals surface area contributed by atoms with Crippen molar-refractivity contribution in [3.63, 3.8) is 0 Å². The van der Waals surface area contributed by atoms with Crippen LogP contribution >= 0.6 is 15.9 Å². The summed E-state index contributed by atoms with van der Waals surface area (Å²) in [5.74, 6) is 5.26. The van der Waals surface area contributed by atoms with E-state index in [1.165, 1.54) is 32.1 Å². The second-order valence-electron chi connectivity index (χ2n) is 6.70. The molecule has 2 heteroatoms. The van der Waals surface area contributed by atoms with E-state index in [0.717, 1.165) is 40.8 Å². The summed E-state index contributed by atoms with van der Waals surface area (Å²) < 4.78 is 0. The van der Waals surface area contributed by atoms with Crippen LogP contribution in [0, 0.1) is 35.5 Å². The van der Waals surface area contributed by atoms with Gasteiger partial charge in [-0.05, 0) is 61.7 Å². The summed E-state index contributed by atoms with van der Waals surface area (Å²) in [6.07, 6.45) is 7.63. The monoisotopic (exact) mass is 282 g/mol. The van der Waals surface area contributed by atoms with Crippen molar-refractivity contribution in [2.75, 3.05) is 0 Å². The molecule has 0 spiro atoms. The molecule has 0 N–H and O–H groups in total. The summed E-state index contributed by atoms with van der Waals surface area (Å²) in [5.41, 5.74) is 0. The number of fused-ring (bicyclic) bond motifs is 2. The lowest BCUT2D eigenvalue weighted by atomic mass is 9.48. The first kappa shape index (κ1) is 10.1. The second kappa shape index (κ2) is 3.34. The summed E-state index contributed by atoms with van der Waals surface area (Å²) in [6, 6.07) is 0. The molecule has 4 bridgehead atoms. The number of hydrogen-bond acceptors (Lipinski definition) is 1. The highest BCUT2D eigenvalue weighted by Gasteiger charge is 2.54. The number of rotatable bonds is 0. The molecule has 4 aliphatic rings. The van der Waals surface area contributed by atoms with Crippen molar-refractivity contribution in [3.05, 3.63) is 0 Å². The number of Topliss-reactive ketones (excluding diaryl/α,β-unsaturated/α-hetero) is 1. The number of carbonyl (C=O) groups is 1. The van der Waals surface area contributed by atoms with E-state index in [9.17, 15) is 4.79 Å². The van der Waals surface area contributed by atoms with Crippen molar-refractivity contribution in [2.24, 2.45) is 35.5 Å². The van der Waals surface area contributed by atoms with Crippen molar-refractivity contribution in [2.45, 2.75) is 43.4 Å². The Morgan fingerprint density at radius 2 is 1.62 bits per heavy atom. The Kier molecular flexibility index (Phi) is 2.11. The van der Waals surface area contributed by atoms with Gasteiger partial charge in [0, 0.05) is 17.2 Å². The molecule has 0 aliphatic heterocycles. The van der Waals surface area contributed by atoms with Gasteiger partial charge in [-0.2, -0.15) is 0 Å². The standard InChI is InChI=1S/C14H19BrO/c15-13-5-7-1-9-10-2-8(3-11(9)13)6-14(16)12(10)4-7/h7-13H,1-6H2. The van der Waals surface area contributed by atoms with Crippen LogP contribution in [0.4, 0.5) is 0 Å². The summed E-state index contributed by atoms with van der Waals surface area (Å²) in [6.45, 7) is 0. The maximum atomic E-state index is 12.2. The van der Waals surface area contributed by atoms with E-state index in [1.807, 2.05) is 0 Å². The fourth-order valence-electron chi connectivity index (χ4n) is 5.43. The number of alkyl halides is 1. The second-order valence-corrected chi connectivity index (χ2v) is 7.87. The van der Waals surface area contributed by atoms with Crippen molar-refractivity contribution in [1.29, 1.82) is 0 Å². The van der Waals surface area contributed by atoms with Gasteiger partial charge in [-0.25, -0.2) is 0 Å². The van der Waals surface area contributed by atoms with Crippen LogP contribution in [-0.2, 0) is 4.79 Å². The van der Waals surface area contributed by atoms with Gasteiger partial charge < -0.3 is 0 Å². The zero-order valence-electron chi connectivity index (χ0n) is 9.57. The van der Waals surface area contributed by atoms with Crippen LogP contribution < -0.4 is 0 Å². The number of hydrogen-bond donors (Lipinski definition) is 0. The third-order valence-electron chi connectivity index (χ3n) is 5.95. The zero-order chi connectivity index (χ0) is 10.9. The molecule has 7 atom stereocenters. The Bertz CT molecular complexity index is 340. The molecule has 4 rings (SSSR count). The van der Waals surface area contributed by atoms with E-state index < -0.39 is 0 Å². The minimum atomic E-state index is 0.475. The molecule has 0 aromatic carbocycles. The minimum Gasteiger partial charge on any atom is -0.299 e. The third kappa shape index (κ3) is 1.26. The molecule has 4 aliphatic carbocycles. The van der Waals surface area contributed by atoms with Gasteiger partial charge in [-0.1, -0.05) is 15.9 Å². The highest BCUT2D eigenvalue weighted by molar-refractivity contribution is 9.09. The molecular weight excluding hydrogens is 264 g/mol. The van der Waals surface area contributed by atoms with Gasteiger partial charge in [-0.15, -0.1) is 0 Å². The summed E-state index contributed by atoms with van der Waals surface area (Å²) in [5, 5.41) is 0. The molecule has 1 nitrogen and oxygen atoms in total. The van der Waals surface area contributed by atoms with Crippen LogP contribution in [0.3, 0.4) is 0 Å². The number of carbonyl (C=O) groups excluding carboxylic acids is 1. The molecule has 0 heterocycles. The summed E-state index contributed by atoms with van der Waals surface area (Å²) in [4.78, 5) is 12.9. The van der Waals surface area contributed by atoms with Gasteiger partial charge in [-0.3, -0.25) is 4.79 Å². The topological polar surface area (TPSA) is 17.1 Å². The molecule has 0 aromatic heterocycles. The van der Waals surface area contributed by atoms with E-state index in [-0.39, 0.29) is 0 Å². The number of halogens is 1. The molecule has 4 fully saturated rings. The van der Waals surface area contributed by atoms with Gasteiger partial charge in [0.2, 0.25) is 0 Å². The molecule has 7 unspecified atom stereocenters. The van der Waals surface area contributed by atoms with Gasteiger partial charge >= 0.3 is 0 Å². The largest absolute Gasteiger partial charge is 0.299 e. The molecule has 0 amide bonds. The lowest BCUT2D eigenvalue weighted by Gasteiger charge is -2.57. The van der Waals surface area contributed by atoms with Gasteiger partial charge in [0.1, 0.15) is 5.78 Å². The van der Waals surface area contributed by atoms with Gasteiger partial charge in [0.15, 0.2) is 0 Å². The van der Waals surface area contributed by atoms with Crippen molar-refractivity contribution in [3.8, 4) is 0 Å². The van der Waals surface area contributed by atoms with Crippen LogP contribution in [0.5, 0.6) is 0 Å². The average Bonchev–Trinajstić information content (AvgIpc) is 2.27. The maximum absolute atomic E-state index is 12.2. The molecule has 0 aromatic rings. The SMILES string of the molecule is O=C1CC2CC3C(Br)CC4CC1C(C2)C3C4. The maximum Gasteiger partial charge on any atom is 0.136 e. The van der Waals surface area contributed by atoms with Crippen LogP contribution in [0.2, 0.25) is 0 Å². The molecule has 0 radical (unpaired) electrons. The fraction of sp³-hybridized carbons (Fsp3) is 0.929. The first-order chi connectivity index (χ1) is 7.72. The Morgan fingerprint density at radius 1 is 0.875 bits per heavy atom. The van der Waals surface area contributed by atoms with Crippen LogP contribution in [-0.4, -0.2) is 10.6 Å². The van der Waals surface area contributed by atoms with Crippen molar-refractivity contribution >= 4 is 21.7 Å². The van der Waals surface area contributed by atoms with E-state index in [4.69, 9.17) is 0 Å². The van der Waals surface area contributed by atoms with E-state index >= 15 is 0 Å². The Balaban J connectivity index is 1.75. The zero-order valence-corrected chi connectivity index (χ0v) is 11.2. The highest BCUT2D eigenvalue weighted by Crippen LogP contribution is 2.60. The summed E-state index contributed by atoms with van der Waals surface area (Å²) in [7, 11) is 0. The van der Waals surface area contributed by atoms with Crippen LogP contribution in [0.1, 0.15) is 38.5 Å². The normalized spacial score (nSPS) is 58.8. The van der Waals surface area contributed by atoms with Crippen LogP contribution in [0.25, 0.3) is 0 Å². The molecule has 4 saturated carbocycles. The number of ketones is 1. The smallest absolute Gasteiger partial charge is 0.136 e. The minimum absolute atomic E-state index is 0.475.